The van der Waals surface area contributed by atoms with Crippen LogP contribution < -0.4 is 15.4 Å². The normalized spacial score (nSPS) is 10.1. The van der Waals surface area contributed by atoms with Gasteiger partial charge in [-0.15, -0.1) is 0 Å². The van der Waals surface area contributed by atoms with Gasteiger partial charge >= 0.3 is 0 Å². The number of hydrogen-bond acceptors (Lipinski definition) is 5. The Hall–Kier alpha value is -2.71. The van der Waals surface area contributed by atoms with Crippen molar-refractivity contribution in [1.82, 2.24) is 5.32 Å². The number of ether oxygens (including phenoxy) is 1. The van der Waals surface area contributed by atoms with Crippen molar-refractivity contribution in [2.45, 2.75) is 19.8 Å². The second-order valence-corrected chi connectivity index (χ2v) is 6.37. The van der Waals surface area contributed by atoms with Crippen LogP contribution in [0, 0.1) is 10.1 Å². The summed E-state index contributed by atoms with van der Waals surface area (Å²) >= 11 is 10.9. The zero-order valence-electron chi connectivity index (χ0n) is 14.5. The third kappa shape index (κ3) is 5.90. The van der Waals surface area contributed by atoms with Gasteiger partial charge in [0.25, 0.3) is 11.6 Å². The van der Waals surface area contributed by atoms with Gasteiger partial charge in [0.05, 0.1) is 17.1 Å². The third-order valence-corrected chi connectivity index (χ3v) is 3.96. The van der Waals surface area contributed by atoms with Gasteiger partial charge in [-0.2, -0.15) is 0 Å². The predicted octanol–water partition coefficient (Wildman–Crippen LogP) is 4.55. The highest BCUT2D eigenvalue weighted by Crippen LogP contribution is 2.27. The maximum Gasteiger partial charge on any atom is 0.294 e. The number of para-hydroxylation sites is 1. The van der Waals surface area contributed by atoms with Crippen LogP contribution in [-0.4, -0.2) is 22.5 Å². The van der Waals surface area contributed by atoms with Gasteiger partial charge < -0.3 is 10.1 Å². The number of amides is 1. The van der Waals surface area contributed by atoms with Crippen LogP contribution in [0.15, 0.2) is 42.5 Å². The number of rotatable bonds is 7. The monoisotopic (exact) mass is 407 g/mol. The smallest absolute Gasteiger partial charge is 0.294 e. The van der Waals surface area contributed by atoms with Gasteiger partial charge in [-0.3, -0.25) is 20.2 Å². The molecule has 2 aromatic carbocycles. The van der Waals surface area contributed by atoms with Gasteiger partial charge in [-0.25, -0.2) is 0 Å². The molecule has 0 saturated carbocycles. The van der Waals surface area contributed by atoms with Crippen LogP contribution in [0.4, 0.5) is 11.4 Å². The van der Waals surface area contributed by atoms with Gasteiger partial charge in [-0.1, -0.05) is 37.1 Å². The minimum absolute atomic E-state index is 0.0752. The predicted molar refractivity (Wildman–Crippen MR) is 109 cm³/mol. The molecule has 0 radical (unpaired) electrons. The van der Waals surface area contributed by atoms with Gasteiger partial charge in [-0.05, 0) is 42.9 Å². The number of anilines is 1. The average Bonchev–Trinajstić information content (AvgIpc) is 2.63. The van der Waals surface area contributed by atoms with Crippen molar-refractivity contribution >= 4 is 46.2 Å². The number of halogens is 1. The minimum Gasteiger partial charge on any atom is -0.493 e. The van der Waals surface area contributed by atoms with Crippen LogP contribution in [0.1, 0.15) is 30.1 Å². The number of carbonyl (C=O) groups is 1. The van der Waals surface area contributed by atoms with Crippen LogP contribution in [0.25, 0.3) is 0 Å². The van der Waals surface area contributed by atoms with E-state index in [0.717, 1.165) is 12.8 Å². The topological polar surface area (TPSA) is 93.5 Å². The Morgan fingerprint density at radius 1 is 1.30 bits per heavy atom. The maximum absolute atomic E-state index is 12.5. The average molecular weight is 408 g/mol. The molecule has 0 saturated heterocycles. The highest BCUT2D eigenvalue weighted by molar-refractivity contribution is 7.80. The molecule has 0 spiro atoms. The van der Waals surface area contributed by atoms with E-state index >= 15 is 0 Å². The van der Waals surface area contributed by atoms with E-state index in [2.05, 4.69) is 10.6 Å². The summed E-state index contributed by atoms with van der Waals surface area (Å²) in [6.45, 7) is 2.54. The van der Waals surface area contributed by atoms with Gasteiger partial charge in [0, 0.05) is 11.1 Å². The molecule has 2 aromatic rings. The van der Waals surface area contributed by atoms with E-state index in [4.69, 9.17) is 28.6 Å². The molecule has 142 valence electrons. The molecule has 2 rings (SSSR count). The van der Waals surface area contributed by atoms with Crippen molar-refractivity contribution in [1.29, 1.82) is 0 Å². The maximum atomic E-state index is 12.5. The quantitative estimate of drug-likeness (QED) is 0.302. The molecule has 0 fully saturated rings. The van der Waals surface area contributed by atoms with E-state index in [1.807, 2.05) is 6.92 Å². The van der Waals surface area contributed by atoms with Gasteiger partial charge in [0.2, 0.25) is 0 Å². The first kappa shape index (κ1) is 20.6. The number of nitrogens with zero attached hydrogens (tertiary/aromatic N) is 1. The largest absolute Gasteiger partial charge is 0.493 e. The first-order valence-electron chi connectivity index (χ1n) is 8.20. The summed E-state index contributed by atoms with van der Waals surface area (Å²) in [5.74, 6) is -0.0278. The van der Waals surface area contributed by atoms with Crippen molar-refractivity contribution in [2.75, 3.05) is 11.9 Å². The van der Waals surface area contributed by atoms with Crippen LogP contribution in [0.5, 0.6) is 5.75 Å². The lowest BCUT2D eigenvalue weighted by Gasteiger charge is -2.13. The third-order valence-electron chi connectivity index (χ3n) is 3.52. The Labute approximate surface area is 166 Å². The number of nitrogens with one attached hydrogen (secondary N) is 2. The summed E-state index contributed by atoms with van der Waals surface area (Å²) in [4.78, 5) is 23.0. The molecule has 0 aliphatic heterocycles. The van der Waals surface area contributed by atoms with E-state index in [1.54, 1.807) is 24.3 Å². The van der Waals surface area contributed by atoms with E-state index < -0.39 is 10.8 Å². The Bertz CT molecular complexity index is 860. The first-order valence-corrected chi connectivity index (χ1v) is 8.99. The zero-order valence-corrected chi connectivity index (χ0v) is 16.1. The summed E-state index contributed by atoms with van der Waals surface area (Å²) < 4.78 is 5.63. The summed E-state index contributed by atoms with van der Waals surface area (Å²) in [6.07, 6.45) is 1.85. The van der Waals surface area contributed by atoms with Crippen molar-refractivity contribution < 1.29 is 14.5 Å². The lowest BCUT2D eigenvalue weighted by Crippen LogP contribution is -2.34. The summed E-state index contributed by atoms with van der Waals surface area (Å²) in [7, 11) is 0. The molecule has 0 bridgehead atoms. The molecule has 0 unspecified atom stereocenters. The molecule has 0 aromatic heterocycles. The fraction of sp³-hybridized carbons (Fsp3) is 0.222. The van der Waals surface area contributed by atoms with Crippen molar-refractivity contribution in [2.24, 2.45) is 0 Å². The Kier molecular flexibility index (Phi) is 7.51. The van der Waals surface area contributed by atoms with E-state index in [1.165, 1.54) is 18.2 Å². The Balaban J connectivity index is 2.09. The van der Waals surface area contributed by atoms with Crippen molar-refractivity contribution in [3.8, 4) is 5.75 Å². The van der Waals surface area contributed by atoms with Crippen LogP contribution >= 0.6 is 23.8 Å². The van der Waals surface area contributed by atoms with Crippen LogP contribution in [0.2, 0.25) is 5.02 Å². The molecule has 27 heavy (non-hydrogen) atoms. The second-order valence-electron chi connectivity index (χ2n) is 5.53. The molecule has 0 atom stereocenters. The lowest BCUT2D eigenvalue weighted by molar-refractivity contribution is -0.383. The summed E-state index contributed by atoms with van der Waals surface area (Å²) in [5.41, 5.74) is 0.202. The molecule has 2 N–H and O–H groups in total. The summed E-state index contributed by atoms with van der Waals surface area (Å²) in [5, 5.41) is 16.4. The molecule has 0 heterocycles. The van der Waals surface area contributed by atoms with Gasteiger partial charge in [0.1, 0.15) is 11.4 Å². The Morgan fingerprint density at radius 2 is 2.04 bits per heavy atom. The number of carbonyl (C=O) groups excluding carboxylic acids is 1. The van der Waals surface area contributed by atoms with E-state index in [9.17, 15) is 14.9 Å². The van der Waals surface area contributed by atoms with Crippen molar-refractivity contribution in [3.05, 3.63) is 63.2 Å². The molecule has 9 heteroatoms. The fourth-order valence-electron chi connectivity index (χ4n) is 2.19. The SMILES string of the molecule is CCCCOc1ccccc1C(=O)NC(=S)Nc1ccc(Cl)cc1[N+](=O)[O-]. The first-order chi connectivity index (χ1) is 12.9. The molecule has 0 aliphatic carbocycles. The number of nitro groups is 1. The fourth-order valence-corrected chi connectivity index (χ4v) is 2.56. The number of hydrogen-bond donors (Lipinski definition) is 2. The number of unbranched alkanes of at least 4 members (excludes halogenated alkanes) is 1. The minimum atomic E-state index is -0.588. The number of benzene rings is 2. The molecular formula is C18H18ClN3O4S. The molecule has 1 amide bonds. The van der Waals surface area contributed by atoms with Crippen LogP contribution in [-0.2, 0) is 0 Å². The standard InChI is InChI=1S/C18H18ClN3O4S/c1-2-3-10-26-16-7-5-4-6-13(16)17(23)21-18(27)20-14-9-8-12(19)11-15(14)22(24)25/h4-9,11H,2-3,10H2,1H3,(H2,20,21,23,27). The highest BCUT2D eigenvalue weighted by atomic mass is 35.5. The second kappa shape index (κ2) is 9.84. The molecular weight excluding hydrogens is 390 g/mol. The lowest BCUT2D eigenvalue weighted by atomic mass is 10.2. The number of nitro benzene ring substituents is 1. The number of thiocarbonyl (C=S) groups is 1. The van der Waals surface area contributed by atoms with E-state index in [0.29, 0.717) is 17.9 Å². The molecule has 0 aliphatic rings. The van der Waals surface area contributed by atoms with Crippen LogP contribution in [0.3, 0.4) is 0 Å². The molecule has 7 nitrogen and oxygen atoms in total. The van der Waals surface area contributed by atoms with Crippen molar-refractivity contribution in [3.63, 3.8) is 0 Å². The zero-order chi connectivity index (χ0) is 19.8. The Morgan fingerprint density at radius 3 is 2.74 bits per heavy atom. The van der Waals surface area contributed by atoms with Gasteiger partial charge in [0.15, 0.2) is 5.11 Å². The van der Waals surface area contributed by atoms with E-state index in [-0.39, 0.29) is 21.5 Å². The highest BCUT2D eigenvalue weighted by Gasteiger charge is 2.18. The summed E-state index contributed by atoms with van der Waals surface area (Å²) in [6, 6.07) is 10.9.